The van der Waals surface area contributed by atoms with E-state index in [-0.39, 0.29) is 11.4 Å². The number of carbonyl (C=O) groups is 2. The summed E-state index contributed by atoms with van der Waals surface area (Å²) in [6.07, 6.45) is -1.10. The third-order valence-corrected chi connectivity index (χ3v) is 7.47. The van der Waals surface area contributed by atoms with Crippen LogP contribution in [0.25, 0.3) is 16.5 Å². The maximum atomic E-state index is 13.3. The van der Waals surface area contributed by atoms with E-state index in [9.17, 15) is 9.59 Å². The largest absolute Gasteiger partial charge is 0.492 e. The van der Waals surface area contributed by atoms with Gasteiger partial charge in [-0.3, -0.25) is 10.2 Å². The summed E-state index contributed by atoms with van der Waals surface area (Å²) in [6.45, 7) is 13.4. The van der Waals surface area contributed by atoms with Gasteiger partial charge in [-0.05, 0) is 38.1 Å². The van der Waals surface area contributed by atoms with E-state index in [1.807, 2.05) is 80.6 Å². The topological polar surface area (TPSA) is 119 Å². The highest BCUT2D eigenvalue weighted by Gasteiger charge is 2.24. The van der Waals surface area contributed by atoms with E-state index in [0.29, 0.717) is 50.1 Å². The Morgan fingerprint density at radius 2 is 1.78 bits per heavy atom. The molecular weight excluding hydrogens is 572 g/mol. The first-order valence-corrected chi connectivity index (χ1v) is 15.3. The summed E-state index contributed by atoms with van der Waals surface area (Å²) in [4.78, 5) is 27.2. The molecule has 3 N–H and O–H groups in total. The van der Waals surface area contributed by atoms with Crippen molar-refractivity contribution in [2.75, 3.05) is 50.0 Å². The molecule has 3 aromatic carbocycles. The van der Waals surface area contributed by atoms with Gasteiger partial charge in [0.2, 0.25) is 6.29 Å². The van der Waals surface area contributed by atoms with Gasteiger partial charge in [-0.1, -0.05) is 62.7 Å². The van der Waals surface area contributed by atoms with Crippen LogP contribution >= 0.6 is 0 Å². The number of morpholine rings is 1. The molecule has 1 aliphatic rings. The second kappa shape index (κ2) is 14.0. The Morgan fingerprint density at radius 1 is 1.02 bits per heavy atom. The van der Waals surface area contributed by atoms with Gasteiger partial charge in [0.25, 0.3) is 0 Å². The number of anilines is 2. The number of nitrogens with zero attached hydrogens (tertiary/aromatic N) is 3. The number of carbonyl (C=O) groups excluding carboxylic acids is 2. The van der Waals surface area contributed by atoms with Crippen molar-refractivity contribution in [3.63, 3.8) is 0 Å². The zero-order chi connectivity index (χ0) is 32.0. The molecule has 0 bridgehead atoms. The molecule has 0 spiro atoms. The lowest BCUT2D eigenvalue weighted by atomic mass is 9.92. The van der Waals surface area contributed by atoms with E-state index in [0.717, 1.165) is 34.3 Å². The van der Waals surface area contributed by atoms with Crippen molar-refractivity contribution < 1.29 is 23.8 Å². The van der Waals surface area contributed by atoms with Crippen LogP contribution in [0.1, 0.15) is 39.0 Å². The summed E-state index contributed by atoms with van der Waals surface area (Å²) < 4.78 is 18.8. The van der Waals surface area contributed by atoms with Crippen LogP contribution in [0.15, 0.2) is 66.7 Å². The molecule has 1 unspecified atom stereocenters. The van der Waals surface area contributed by atoms with Crippen molar-refractivity contribution in [3.05, 3.63) is 78.0 Å². The van der Waals surface area contributed by atoms with Crippen LogP contribution in [-0.4, -0.2) is 72.5 Å². The molecule has 11 nitrogen and oxygen atoms in total. The lowest BCUT2D eigenvalue weighted by Gasteiger charge is -2.32. The van der Waals surface area contributed by atoms with Gasteiger partial charge in [-0.25, -0.2) is 14.3 Å². The Labute approximate surface area is 263 Å². The van der Waals surface area contributed by atoms with Gasteiger partial charge < -0.3 is 24.8 Å². The molecule has 0 radical (unpaired) electrons. The van der Waals surface area contributed by atoms with Gasteiger partial charge in [0.1, 0.15) is 18.2 Å². The number of urea groups is 1. The smallest absolute Gasteiger partial charge is 0.409 e. The lowest BCUT2D eigenvalue weighted by Crippen LogP contribution is -2.46. The molecule has 0 aliphatic carbocycles. The SMILES string of the molecule is CCNC(=O)OC1CN(CCOc2ccc(NC(=O)Nc3cc(C(C)(C)C)nn3-c3ccc(C)cc3)c3ccccc23)CCO1. The number of amides is 3. The van der Waals surface area contributed by atoms with Crippen molar-refractivity contribution in [3.8, 4) is 11.4 Å². The number of ether oxygens (including phenoxy) is 3. The predicted octanol–water partition coefficient (Wildman–Crippen LogP) is 6.06. The molecule has 4 aromatic rings. The number of aryl methyl sites for hydroxylation is 1. The molecular formula is C34H42N6O5. The van der Waals surface area contributed by atoms with Crippen LogP contribution in [0.4, 0.5) is 21.1 Å². The number of benzene rings is 3. The van der Waals surface area contributed by atoms with Crippen molar-refractivity contribution in [1.82, 2.24) is 20.0 Å². The fraction of sp³-hybridized carbons (Fsp3) is 0.382. The number of rotatable bonds is 9. The summed E-state index contributed by atoms with van der Waals surface area (Å²) in [5, 5.41) is 15.2. The Kier molecular flexibility index (Phi) is 9.90. The van der Waals surface area contributed by atoms with Crippen LogP contribution in [0.5, 0.6) is 5.75 Å². The van der Waals surface area contributed by atoms with Gasteiger partial charge in [0.15, 0.2) is 0 Å². The molecule has 3 amide bonds. The molecule has 11 heteroatoms. The molecule has 1 aliphatic heterocycles. The predicted molar refractivity (Wildman–Crippen MR) is 175 cm³/mol. The molecule has 1 saturated heterocycles. The van der Waals surface area contributed by atoms with E-state index < -0.39 is 12.4 Å². The minimum atomic E-state index is -0.613. The monoisotopic (exact) mass is 614 g/mol. The van der Waals surface area contributed by atoms with E-state index in [1.165, 1.54) is 0 Å². The fourth-order valence-electron chi connectivity index (χ4n) is 5.03. The standard InChI is InChI=1S/C34H42N6O5/c1-6-35-33(42)45-31-22-39(18-20-44-31)17-19-43-28-16-15-27(25-9-7-8-10-26(25)28)36-32(41)37-30-21-29(34(3,4)5)38-40(30)24-13-11-23(2)12-14-24/h7-16,21,31H,6,17-20,22H2,1-5H3,(H,35,42)(H2,36,37,41). The quantitative estimate of drug-likeness (QED) is 0.210. The number of hydrogen-bond acceptors (Lipinski definition) is 7. The van der Waals surface area contributed by atoms with E-state index in [1.54, 1.807) is 4.68 Å². The van der Waals surface area contributed by atoms with Crippen LogP contribution < -0.4 is 20.7 Å². The Balaban J connectivity index is 1.25. The molecule has 2 heterocycles. The van der Waals surface area contributed by atoms with E-state index >= 15 is 0 Å². The van der Waals surface area contributed by atoms with Gasteiger partial charge in [-0.2, -0.15) is 5.10 Å². The fourth-order valence-corrected chi connectivity index (χ4v) is 5.03. The molecule has 1 atom stereocenters. The molecule has 45 heavy (non-hydrogen) atoms. The van der Waals surface area contributed by atoms with Crippen LogP contribution in [0, 0.1) is 6.92 Å². The lowest BCUT2D eigenvalue weighted by molar-refractivity contribution is -0.148. The highest BCUT2D eigenvalue weighted by Crippen LogP contribution is 2.32. The average Bonchev–Trinajstić information content (AvgIpc) is 3.43. The Bertz CT molecular complexity index is 1630. The van der Waals surface area contributed by atoms with Gasteiger partial charge in [0, 0.05) is 41.9 Å². The molecule has 1 aromatic heterocycles. The highest BCUT2D eigenvalue weighted by atomic mass is 16.7. The third-order valence-electron chi connectivity index (χ3n) is 7.47. The van der Waals surface area contributed by atoms with Crippen LogP contribution in [-0.2, 0) is 14.9 Å². The van der Waals surface area contributed by atoms with E-state index in [4.69, 9.17) is 19.3 Å². The first-order valence-electron chi connectivity index (χ1n) is 15.3. The van der Waals surface area contributed by atoms with Crippen molar-refractivity contribution in [2.24, 2.45) is 0 Å². The summed E-state index contributed by atoms with van der Waals surface area (Å²) in [7, 11) is 0. The number of nitrogens with one attached hydrogen (secondary N) is 3. The van der Waals surface area contributed by atoms with Crippen molar-refractivity contribution in [1.29, 1.82) is 0 Å². The molecule has 0 saturated carbocycles. The zero-order valence-corrected chi connectivity index (χ0v) is 26.6. The number of hydrogen-bond donors (Lipinski definition) is 3. The third kappa shape index (κ3) is 8.11. The Hall–Kier alpha value is -4.61. The van der Waals surface area contributed by atoms with Gasteiger partial charge >= 0.3 is 12.1 Å². The summed E-state index contributed by atoms with van der Waals surface area (Å²) in [5.74, 6) is 1.29. The van der Waals surface area contributed by atoms with Gasteiger partial charge in [-0.15, -0.1) is 0 Å². The van der Waals surface area contributed by atoms with Crippen LogP contribution in [0.3, 0.4) is 0 Å². The molecule has 238 valence electrons. The average molecular weight is 615 g/mol. The van der Waals surface area contributed by atoms with Crippen molar-refractivity contribution in [2.45, 2.75) is 46.3 Å². The summed E-state index contributed by atoms with van der Waals surface area (Å²) in [5.41, 5.74) is 3.34. The molecule has 1 fully saturated rings. The number of aromatic nitrogens is 2. The summed E-state index contributed by atoms with van der Waals surface area (Å²) >= 11 is 0. The first kappa shape index (κ1) is 31.8. The number of alkyl carbamates (subject to hydrolysis) is 1. The first-order chi connectivity index (χ1) is 21.6. The second-order valence-corrected chi connectivity index (χ2v) is 12.0. The normalized spacial score (nSPS) is 15.4. The minimum Gasteiger partial charge on any atom is -0.492 e. The maximum absolute atomic E-state index is 13.3. The Morgan fingerprint density at radius 3 is 2.51 bits per heavy atom. The molecule has 5 rings (SSSR count). The van der Waals surface area contributed by atoms with Gasteiger partial charge in [0.05, 0.1) is 30.2 Å². The minimum absolute atomic E-state index is 0.197. The maximum Gasteiger partial charge on any atom is 0.409 e. The van der Waals surface area contributed by atoms with Crippen LogP contribution in [0.2, 0.25) is 0 Å². The summed E-state index contributed by atoms with van der Waals surface area (Å²) in [6, 6.07) is 21.1. The zero-order valence-electron chi connectivity index (χ0n) is 26.6. The highest BCUT2D eigenvalue weighted by molar-refractivity contribution is 6.07. The second-order valence-electron chi connectivity index (χ2n) is 12.0. The number of fused-ring (bicyclic) bond motifs is 1. The van der Waals surface area contributed by atoms with E-state index in [2.05, 4.69) is 41.6 Å². The van der Waals surface area contributed by atoms with Crippen molar-refractivity contribution >= 4 is 34.4 Å².